The van der Waals surface area contributed by atoms with Crippen molar-refractivity contribution in [2.24, 2.45) is 62.9 Å². The van der Waals surface area contributed by atoms with Gasteiger partial charge >= 0.3 is 0 Å². The van der Waals surface area contributed by atoms with Crippen molar-refractivity contribution in [3.8, 4) is 0 Å². The lowest BCUT2D eigenvalue weighted by Gasteiger charge is -2.59. The number of aromatic nitrogens is 6. The van der Waals surface area contributed by atoms with Gasteiger partial charge in [-0.2, -0.15) is 0 Å². The molecule has 0 aliphatic heterocycles. The first kappa shape index (κ1) is 97.1. The van der Waals surface area contributed by atoms with Crippen LogP contribution in [0.3, 0.4) is 0 Å². The number of aryl methyl sites for hydroxylation is 2. The van der Waals surface area contributed by atoms with E-state index >= 15 is 4.79 Å². The van der Waals surface area contributed by atoms with E-state index in [4.69, 9.17) is 38.9 Å². The number of hydrogen-bond donors (Lipinski definition) is 4. The van der Waals surface area contributed by atoms with Gasteiger partial charge in [-0.05, 0) is 168 Å². The van der Waals surface area contributed by atoms with E-state index in [1.54, 1.807) is 15.6 Å². The topological polar surface area (TPSA) is 418 Å². The van der Waals surface area contributed by atoms with E-state index in [2.05, 4.69) is 53.6 Å². The lowest BCUT2D eigenvalue weighted by molar-refractivity contribution is -0.149. The molecule has 6 fully saturated rings. The van der Waals surface area contributed by atoms with Gasteiger partial charge in [0.25, 0.3) is 0 Å². The molecule has 686 valence electrons. The van der Waals surface area contributed by atoms with Crippen molar-refractivity contribution < 1.29 is 96.1 Å². The Kier molecular flexibility index (Phi) is 34.7. The molecule has 2 aromatic rings. The zero-order valence-electron chi connectivity index (χ0n) is 74.7. The third-order valence-corrected chi connectivity index (χ3v) is 29.4. The normalized spacial score (nSPS) is 26.8. The number of nitrogens with one attached hydrogen (secondary N) is 1. The predicted octanol–water partition coefficient (Wildman–Crippen LogP) is 2.02. The molecular weight excluding hydrogens is 1590 g/mol. The number of nitrogens with two attached hydrogens (primary N) is 1. The van der Waals surface area contributed by atoms with Crippen LogP contribution in [-0.2, 0) is 110 Å². The van der Waals surface area contributed by atoms with Gasteiger partial charge in [0.2, 0.25) is 53.2 Å². The van der Waals surface area contributed by atoms with Gasteiger partial charge in [-0.3, -0.25) is 62.1 Å². The fourth-order valence-corrected chi connectivity index (χ4v) is 22.1. The highest BCUT2D eigenvalue weighted by Gasteiger charge is 2.67. The van der Waals surface area contributed by atoms with Crippen LogP contribution in [0.4, 0.5) is 0 Å². The molecule has 9 amide bonds. The van der Waals surface area contributed by atoms with Crippen molar-refractivity contribution in [3.05, 3.63) is 47.1 Å². The van der Waals surface area contributed by atoms with Gasteiger partial charge in [-0.15, -0.1) is 10.2 Å². The van der Waals surface area contributed by atoms with Gasteiger partial charge in [-0.1, -0.05) is 49.3 Å². The maximum atomic E-state index is 15.1. The summed E-state index contributed by atoms with van der Waals surface area (Å²) in [5.41, 5.74) is 5.81. The number of carbonyl (C=O) groups excluding carboxylic acids is 11. The lowest BCUT2D eigenvalue weighted by atomic mass is 9.46. The zero-order valence-corrected chi connectivity index (χ0v) is 74.7. The van der Waals surface area contributed by atoms with Crippen LogP contribution in [0.15, 0.2) is 35.7 Å². The highest BCUT2D eigenvalue weighted by Crippen LogP contribution is 2.71. The molecule has 10 rings (SSSR count). The number of hydrogen-bond acceptors (Lipinski definition) is 25. The van der Waals surface area contributed by atoms with Gasteiger partial charge in [0.05, 0.1) is 118 Å². The average Bonchev–Trinajstić information content (AvgIpc) is 1.58. The van der Waals surface area contributed by atoms with Crippen molar-refractivity contribution in [2.75, 3.05) is 214 Å². The summed E-state index contributed by atoms with van der Waals surface area (Å²) in [5, 5.41) is 46.9. The summed E-state index contributed by atoms with van der Waals surface area (Å²) < 4.78 is 40.9. The molecule has 12 atom stereocenters. The molecule has 0 aromatic carbocycles. The second-order valence-electron chi connectivity index (χ2n) is 36.2. The Hall–Kier alpha value is -8.07. The van der Waals surface area contributed by atoms with Gasteiger partial charge in [0.1, 0.15) is 22.6 Å². The number of aliphatic hydroxyl groups is 2. The maximum absolute atomic E-state index is 15.1. The van der Waals surface area contributed by atoms with E-state index in [1.807, 2.05) is 18.3 Å². The third kappa shape index (κ3) is 22.5. The first-order chi connectivity index (χ1) is 58.8. The van der Waals surface area contributed by atoms with E-state index in [-0.39, 0.29) is 152 Å². The van der Waals surface area contributed by atoms with Crippen LogP contribution in [0, 0.1) is 57.2 Å². The summed E-state index contributed by atoms with van der Waals surface area (Å²) in [6.45, 7) is 4.92. The van der Waals surface area contributed by atoms with Gasteiger partial charge in [0.15, 0.2) is 11.6 Å². The van der Waals surface area contributed by atoms with Crippen LogP contribution >= 0.6 is 0 Å². The van der Waals surface area contributed by atoms with Crippen molar-refractivity contribution >= 4 is 64.7 Å². The standard InChI is InChI=1S/C87H138N16O20/c1-82-24-18-63(104)48-61(82)14-16-65-67(82)20-26-84(3)69(65)22-28-86(84,115)71-51-102(92-90-71)32-12-30-89-50-74(107)96(35-42-118-6)55-78(111)99(38-45-121-9)58-80(113)101(40-47-123-11)60-81(114)100(39-46-122-10)59-79(112)97(36-43-119-7)56-75(108)94(54-77(110)98(37-44-120-8)57-76(109)95(34-41-117-5)53-73(88)106)31-13-33-103-52-72(91-93-103)87(116)29-23-70-66-17-15-62-49-64(105)19-25-83(62,2)68(66)21-27-85(70,87)4/h48-49,51-52,65-70,89,115-116H,12-47,50,53-60H2,1-11H3,(H2,88,106)/t65-,66-,67+,68+,69+,70+,82+,83+,84+,85+,86-,87-/m1/s1. The molecule has 2 heterocycles. The minimum Gasteiger partial charge on any atom is -0.383 e. The van der Waals surface area contributed by atoms with Crippen molar-refractivity contribution in [2.45, 2.75) is 168 Å². The average molecular weight is 1730 g/mol. The van der Waals surface area contributed by atoms with E-state index < -0.39 is 122 Å². The van der Waals surface area contributed by atoms with Gasteiger partial charge in [0, 0.05) is 139 Å². The molecular formula is C87H138N16O20. The first-order valence-corrected chi connectivity index (χ1v) is 44.2. The number of allylic oxidation sites excluding steroid dienone is 2. The number of rotatable bonds is 49. The number of methoxy groups -OCH3 is 7. The Morgan fingerprint density at radius 2 is 0.707 bits per heavy atom. The molecule has 8 aliphatic rings. The smallest absolute Gasteiger partial charge is 0.242 e. The molecule has 36 heteroatoms. The maximum Gasteiger partial charge on any atom is 0.242 e. The Labute approximate surface area is 723 Å². The molecule has 5 N–H and O–H groups in total. The van der Waals surface area contributed by atoms with E-state index in [0.29, 0.717) is 86.2 Å². The number of carbonyl (C=O) groups is 11. The van der Waals surface area contributed by atoms with E-state index in [1.165, 1.54) is 100 Å². The lowest BCUT2D eigenvalue weighted by Crippen LogP contribution is -2.54. The molecule has 6 saturated carbocycles. The molecule has 0 unspecified atom stereocenters. The molecule has 0 spiro atoms. The minimum atomic E-state index is -1.29. The van der Waals surface area contributed by atoms with Crippen LogP contribution in [0.1, 0.15) is 155 Å². The number of amides is 9. The summed E-state index contributed by atoms with van der Waals surface area (Å²) in [4.78, 5) is 164. The summed E-state index contributed by atoms with van der Waals surface area (Å²) in [6, 6.07) is 0. The van der Waals surface area contributed by atoms with Crippen molar-refractivity contribution in [1.29, 1.82) is 0 Å². The minimum absolute atomic E-state index is 0.00804. The number of ketones is 2. The Bertz CT molecular complexity index is 4070. The van der Waals surface area contributed by atoms with Crippen LogP contribution < -0.4 is 11.1 Å². The quantitative estimate of drug-likeness (QED) is 0.0688. The molecule has 0 radical (unpaired) electrons. The monoisotopic (exact) mass is 1730 g/mol. The molecule has 8 aliphatic carbocycles. The fraction of sp³-hybridized carbons (Fsp3) is 0.782. The van der Waals surface area contributed by atoms with Crippen LogP contribution in [0.2, 0.25) is 0 Å². The van der Waals surface area contributed by atoms with Gasteiger partial charge in [-0.25, -0.2) is 0 Å². The van der Waals surface area contributed by atoms with E-state index in [9.17, 15) is 58.2 Å². The largest absolute Gasteiger partial charge is 0.383 e. The van der Waals surface area contributed by atoms with Crippen LogP contribution in [0.5, 0.6) is 0 Å². The number of fused-ring (bicyclic) bond motifs is 10. The fourth-order valence-electron chi connectivity index (χ4n) is 22.1. The summed E-state index contributed by atoms with van der Waals surface area (Å²) in [7, 11) is 9.99. The Balaban J connectivity index is 0.770. The number of ether oxygens (including phenoxy) is 7. The van der Waals surface area contributed by atoms with Crippen LogP contribution in [0.25, 0.3) is 0 Å². The first-order valence-electron chi connectivity index (χ1n) is 44.2. The number of primary amides is 1. The SMILES string of the molecule is COCCN(CC(N)=O)C(=O)CN(CCOC)C(=O)CN(CCCn1cc([C@]2(O)CC[C@H]3[C@@H]4CCC5=CC(=O)CC[C@]5(C)[C@H]4CC[C@@]32C)nn1)C(=O)CN(CCOC)C(=O)CN(CCOC)C(=O)CN(CCOC)C(=O)CN(CCOC)C(=O)CN(CCOC)C(=O)CNCCCn1cc([C@]2(O)CC[C@H]3[C@@H]4CCC5=CC(=O)CC[C@]5(C)[C@H]4CC[C@@]32C)nn1. The zero-order chi connectivity index (χ0) is 89.0. The van der Waals surface area contributed by atoms with Crippen LogP contribution in [-0.4, -0.2) is 358 Å². The van der Waals surface area contributed by atoms with Crippen molar-refractivity contribution in [3.63, 3.8) is 0 Å². The number of nitrogens with zero attached hydrogens (tertiary/aromatic N) is 14. The summed E-state index contributed by atoms with van der Waals surface area (Å²) >= 11 is 0. The van der Waals surface area contributed by atoms with Crippen molar-refractivity contribution in [1.82, 2.24) is 74.5 Å². The summed E-state index contributed by atoms with van der Waals surface area (Å²) in [5.74, 6) is -3.15. The Morgan fingerprint density at radius 3 is 1.03 bits per heavy atom. The van der Waals surface area contributed by atoms with Gasteiger partial charge < -0.3 is 93.6 Å². The highest BCUT2D eigenvalue weighted by molar-refractivity contribution is 5.95. The molecule has 2 aromatic heterocycles. The molecule has 36 nitrogen and oxygen atoms in total. The second-order valence-corrected chi connectivity index (χ2v) is 36.2. The highest BCUT2D eigenvalue weighted by atomic mass is 16.5. The molecule has 0 saturated heterocycles. The molecule has 0 bridgehead atoms. The third-order valence-electron chi connectivity index (χ3n) is 29.4. The summed E-state index contributed by atoms with van der Waals surface area (Å²) in [6.07, 6.45) is 21.2. The predicted molar refractivity (Wildman–Crippen MR) is 448 cm³/mol. The second kappa shape index (κ2) is 43.9. The Morgan fingerprint density at radius 1 is 0.407 bits per heavy atom. The van der Waals surface area contributed by atoms with E-state index in [0.717, 1.165) is 77.0 Å². The molecule has 123 heavy (non-hydrogen) atoms.